The quantitative estimate of drug-likeness (QED) is 0.578. The van der Waals surface area contributed by atoms with Gasteiger partial charge in [0.25, 0.3) is 0 Å². The fraction of sp³-hybridized carbons (Fsp3) is 0.125. The second-order valence-electron chi connectivity index (χ2n) is 6.59. The summed E-state index contributed by atoms with van der Waals surface area (Å²) >= 11 is 0. The van der Waals surface area contributed by atoms with Gasteiger partial charge in [0.15, 0.2) is 5.76 Å². The van der Waals surface area contributed by atoms with Crippen LogP contribution in [0.5, 0.6) is 17.2 Å². The molecule has 0 saturated carbocycles. The van der Waals surface area contributed by atoms with Gasteiger partial charge in [0, 0.05) is 6.07 Å². The molecule has 0 saturated heterocycles. The van der Waals surface area contributed by atoms with Gasteiger partial charge in [-0.3, -0.25) is 4.79 Å². The second-order valence-corrected chi connectivity index (χ2v) is 6.59. The number of benzene rings is 3. The summed E-state index contributed by atoms with van der Waals surface area (Å²) in [7, 11) is 1.64. The Morgan fingerprint density at radius 2 is 1.82 bits per heavy atom. The molecule has 0 N–H and O–H groups in total. The highest BCUT2D eigenvalue weighted by atomic mass is 16.5. The number of hydrogen-bond donors (Lipinski definition) is 0. The first-order valence-corrected chi connectivity index (χ1v) is 9.04. The van der Waals surface area contributed by atoms with Crippen molar-refractivity contribution in [2.45, 2.75) is 13.5 Å². The number of allylic oxidation sites excluding steroid dienone is 1. The average molecular weight is 372 g/mol. The lowest BCUT2D eigenvalue weighted by atomic mass is 10.1. The zero-order chi connectivity index (χ0) is 19.5. The molecule has 0 aliphatic carbocycles. The molecular formula is C24H20O4. The van der Waals surface area contributed by atoms with Crippen molar-refractivity contribution < 1.29 is 19.0 Å². The van der Waals surface area contributed by atoms with Gasteiger partial charge in [0.2, 0.25) is 5.78 Å². The molecule has 0 atom stereocenters. The number of rotatable bonds is 5. The maximum Gasteiger partial charge on any atom is 0.231 e. The third-order valence-corrected chi connectivity index (χ3v) is 4.66. The van der Waals surface area contributed by atoms with Crippen molar-refractivity contribution in [3.63, 3.8) is 0 Å². The fourth-order valence-electron chi connectivity index (χ4n) is 3.08. The van der Waals surface area contributed by atoms with Crippen LogP contribution in [0.3, 0.4) is 0 Å². The summed E-state index contributed by atoms with van der Waals surface area (Å²) in [5.74, 6) is 2.17. The summed E-state index contributed by atoms with van der Waals surface area (Å²) < 4.78 is 16.9. The van der Waals surface area contributed by atoms with Crippen molar-refractivity contribution in [2.75, 3.05) is 7.11 Å². The third-order valence-electron chi connectivity index (χ3n) is 4.66. The lowest BCUT2D eigenvalue weighted by Gasteiger charge is -2.08. The van der Waals surface area contributed by atoms with E-state index in [0.717, 1.165) is 22.4 Å². The number of methoxy groups -OCH3 is 1. The van der Waals surface area contributed by atoms with Crippen molar-refractivity contribution in [3.05, 3.63) is 94.7 Å². The van der Waals surface area contributed by atoms with Crippen LogP contribution < -0.4 is 14.2 Å². The first-order valence-electron chi connectivity index (χ1n) is 9.04. The molecule has 1 heterocycles. The van der Waals surface area contributed by atoms with Crippen molar-refractivity contribution in [1.82, 2.24) is 0 Å². The molecule has 4 nitrogen and oxygen atoms in total. The molecule has 1 aliphatic heterocycles. The minimum atomic E-state index is -0.113. The molecule has 0 unspecified atom stereocenters. The monoisotopic (exact) mass is 372 g/mol. The minimum Gasteiger partial charge on any atom is -0.497 e. The van der Waals surface area contributed by atoms with Crippen molar-refractivity contribution in [3.8, 4) is 17.2 Å². The molecule has 3 aromatic rings. The van der Waals surface area contributed by atoms with Crippen LogP contribution in [0.1, 0.15) is 27.0 Å². The van der Waals surface area contributed by atoms with E-state index >= 15 is 0 Å². The number of carbonyl (C=O) groups excluding carboxylic acids is 1. The smallest absolute Gasteiger partial charge is 0.231 e. The predicted molar refractivity (Wildman–Crippen MR) is 108 cm³/mol. The van der Waals surface area contributed by atoms with Gasteiger partial charge in [-0.15, -0.1) is 0 Å². The topological polar surface area (TPSA) is 44.8 Å². The van der Waals surface area contributed by atoms with E-state index in [9.17, 15) is 4.79 Å². The molecule has 0 radical (unpaired) electrons. The van der Waals surface area contributed by atoms with Gasteiger partial charge in [0.1, 0.15) is 23.9 Å². The lowest BCUT2D eigenvalue weighted by Crippen LogP contribution is -1.98. The summed E-state index contributed by atoms with van der Waals surface area (Å²) in [5, 5.41) is 0. The van der Waals surface area contributed by atoms with Gasteiger partial charge in [-0.25, -0.2) is 0 Å². The van der Waals surface area contributed by atoms with Crippen molar-refractivity contribution in [2.24, 2.45) is 0 Å². The Morgan fingerprint density at radius 3 is 2.64 bits per heavy atom. The number of carbonyl (C=O) groups is 1. The number of ketones is 1. The average Bonchev–Trinajstić information content (AvgIpc) is 3.03. The van der Waals surface area contributed by atoms with Crippen LogP contribution in [0.15, 0.2) is 72.5 Å². The van der Waals surface area contributed by atoms with Gasteiger partial charge in [-0.05, 0) is 54.0 Å². The van der Waals surface area contributed by atoms with Crippen LogP contribution in [0, 0.1) is 6.92 Å². The van der Waals surface area contributed by atoms with Crippen LogP contribution >= 0.6 is 0 Å². The van der Waals surface area contributed by atoms with Crippen molar-refractivity contribution in [1.29, 1.82) is 0 Å². The first-order chi connectivity index (χ1) is 13.6. The van der Waals surface area contributed by atoms with Crippen LogP contribution in [0.4, 0.5) is 0 Å². The van der Waals surface area contributed by atoms with Gasteiger partial charge < -0.3 is 14.2 Å². The van der Waals surface area contributed by atoms with Gasteiger partial charge in [0.05, 0.1) is 12.7 Å². The molecule has 28 heavy (non-hydrogen) atoms. The highest BCUT2D eigenvalue weighted by molar-refractivity contribution is 6.14. The van der Waals surface area contributed by atoms with Crippen LogP contribution in [-0.2, 0) is 6.61 Å². The maximum atomic E-state index is 12.6. The largest absolute Gasteiger partial charge is 0.497 e. The molecule has 3 aromatic carbocycles. The van der Waals surface area contributed by atoms with Crippen LogP contribution in [0.2, 0.25) is 0 Å². The summed E-state index contributed by atoms with van der Waals surface area (Å²) in [6, 6.07) is 20.9. The van der Waals surface area contributed by atoms with Gasteiger partial charge in [-0.1, -0.05) is 36.4 Å². The Labute approximate surface area is 164 Å². The molecule has 0 spiro atoms. The van der Waals surface area contributed by atoms with E-state index in [4.69, 9.17) is 14.2 Å². The Morgan fingerprint density at radius 1 is 0.964 bits per heavy atom. The SMILES string of the molecule is COc1cccc(COc2ccc3c(c2)OC(=Cc2ccccc2C)C3=O)c1. The van der Waals surface area contributed by atoms with Crippen LogP contribution in [0.25, 0.3) is 6.08 Å². The predicted octanol–water partition coefficient (Wildman–Crippen LogP) is 5.20. The van der Waals surface area contributed by atoms with E-state index in [-0.39, 0.29) is 5.78 Å². The van der Waals surface area contributed by atoms with Gasteiger partial charge >= 0.3 is 0 Å². The Hall–Kier alpha value is -3.53. The molecule has 0 fully saturated rings. The normalized spacial score (nSPS) is 13.9. The molecule has 0 bridgehead atoms. The number of aryl methyl sites for hydroxylation is 1. The van der Waals surface area contributed by atoms with E-state index in [1.165, 1.54) is 0 Å². The third kappa shape index (κ3) is 3.62. The van der Waals surface area contributed by atoms with Gasteiger partial charge in [-0.2, -0.15) is 0 Å². The highest BCUT2D eigenvalue weighted by Gasteiger charge is 2.27. The maximum absolute atomic E-state index is 12.6. The molecule has 4 rings (SSSR count). The number of hydrogen-bond acceptors (Lipinski definition) is 4. The lowest BCUT2D eigenvalue weighted by molar-refractivity contribution is 0.101. The molecular weight excluding hydrogens is 352 g/mol. The second kappa shape index (κ2) is 7.61. The minimum absolute atomic E-state index is 0.113. The molecule has 0 aromatic heterocycles. The fourth-order valence-corrected chi connectivity index (χ4v) is 3.08. The molecule has 4 heteroatoms. The first kappa shape index (κ1) is 17.9. The van der Waals surface area contributed by atoms with E-state index < -0.39 is 0 Å². The summed E-state index contributed by atoms with van der Waals surface area (Å²) in [6.45, 7) is 2.40. The number of ether oxygens (including phenoxy) is 3. The molecule has 0 amide bonds. The highest BCUT2D eigenvalue weighted by Crippen LogP contribution is 2.35. The number of fused-ring (bicyclic) bond motifs is 1. The number of Topliss-reactive ketones (excluding diaryl/α,β-unsaturated/α-hetero) is 1. The Balaban J connectivity index is 1.51. The van der Waals surface area contributed by atoms with E-state index in [1.807, 2.05) is 55.5 Å². The standard InChI is InChI=1S/C24H20O4/c1-16-6-3-4-8-18(16)13-23-24(25)21-11-10-20(14-22(21)28-23)27-15-17-7-5-9-19(12-17)26-2/h3-14H,15H2,1-2H3. The Bertz CT molecular complexity index is 1070. The summed E-state index contributed by atoms with van der Waals surface area (Å²) in [5.41, 5.74) is 3.60. The molecule has 1 aliphatic rings. The summed E-state index contributed by atoms with van der Waals surface area (Å²) in [6.07, 6.45) is 1.79. The van der Waals surface area contributed by atoms with Crippen molar-refractivity contribution >= 4 is 11.9 Å². The summed E-state index contributed by atoms with van der Waals surface area (Å²) in [4.78, 5) is 12.6. The molecule has 140 valence electrons. The Kier molecular flexibility index (Phi) is 4.85. The zero-order valence-electron chi connectivity index (χ0n) is 15.8. The van der Waals surface area contributed by atoms with E-state index in [1.54, 1.807) is 31.4 Å². The zero-order valence-corrected chi connectivity index (χ0v) is 15.8. The van der Waals surface area contributed by atoms with E-state index in [2.05, 4.69) is 0 Å². The van der Waals surface area contributed by atoms with Crippen LogP contribution in [-0.4, -0.2) is 12.9 Å². The van der Waals surface area contributed by atoms with E-state index in [0.29, 0.717) is 29.4 Å².